The zero-order valence-electron chi connectivity index (χ0n) is 20.8. The van der Waals surface area contributed by atoms with Crippen LogP contribution in [0.15, 0.2) is 54.6 Å². The number of hydrogen-bond acceptors (Lipinski definition) is 4. The Bertz CT molecular complexity index is 1230. The van der Waals surface area contributed by atoms with Crippen LogP contribution in [-0.4, -0.2) is 57.6 Å². The Morgan fingerprint density at radius 3 is 2.29 bits per heavy atom. The van der Waals surface area contributed by atoms with Crippen molar-refractivity contribution in [2.24, 2.45) is 5.92 Å². The third kappa shape index (κ3) is 3.99. The number of carbonyl (C=O) groups excluding carboxylic acids is 2. The number of methoxy groups -OCH3 is 1. The van der Waals surface area contributed by atoms with Crippen LogP contribution in [0.3, 0.4) is 0 Å². The summed E-state index contributed by atoms with van der Waals surface area (Å²) < 4.78 is 7.01. The van der Waals surface area contributed by atoms with E-state index in [9.17, 15) is 9.59 Å². The molecule has 1 unspecified atom stereocenters. The number of piperidine rings is 1. The molecule has 5 rings (SSSR count). The molecule has 35 heavy (non-hydrogen) atoms. The highest BCUT2D eigenvalue weighted by Gasteiger charge is 2.47. The molecule has 2 aliphatic heterocycles. The molecule has 2 amide bonds. The van der Waals surface area contributed by atoms with Crippen LogP contribution in [0.5, 0.6) is 5.75 Å². The summed E-state index contributed by atoms with van der Waals surface area (Å²) in [6.07, 6.45) is 1.53. The number of aryl methyl sites for hydroxylation is 1. The lowest BCUT2D eigenvalue weighted by Crippen LogP contribution is -2.49. The quantitative estimate of drug-likeness (QED) is 0.542. The predicted octanol–water partition coefficient (Wildman–Crippen LogP) is 4.65. The minimum absolute atomic E-state index is 0.0104. The maximum Gasteiger partial charge on any atom is 0.273 e. The van der Waals surface area contributed by atoms with Gasteiger partial charge in [0.2, 0.25) is 0 Å². The molecule has 7 heteroatoms. The fraction of sp³-hybridized carbons (Fsp3) is 0.393. The molecule has 182 valence electrons. The van der Waals surface area contributed by atoms with E-state index in [0.717, 1.165) is 35.5 Å². The summed E-state index contributed by atoms with van der Waals surface area (Å²) >= 11 is 0. The number of carbonyl (C=O) groups is 2. The van der Waals surface area contributed by atoms with Crippen LogP contribution in [0.4, 0.5) is 0 Å². The molecule has 1 fully saturated rings. The minimum atomic E-state index is -0.0104. The second-order valence-corrected chi connectivity index (χ2v) is 9.75. The van der Waals surface area contributed by atoms with Gasteiger partial charge >= 0.3 is 0 Å². The van der Waals surface area contributed by atoms with Gasteiger partial charge in [-0.2, -0.15) is 5.10 Å². The van der Waals surface area contributed by atoms with E-state index in [-0.39, 0.29) is 29.8 Å². The van der Waals surface area contributed by atoms with Crippen molar-refractivity contribution in [1.82, 2.24) is 19.6 Å². The van der Waals surface area contributed by atoms with Crippen LogP contribution in [-0.2, 0) is 0 Å². The van der Waals surface area contributed by atoms with Crippen LogP contribution < -0.4 is 4.74 Å². The highest BCUT2D eigenvalue weighted by atomic mass is 16.5. The van der Waals surface area contributed by atoms with Crippen LogP contribution in [0, 0.1) is 12.8 Å². The van der Waals surface area contributed by atoms with Crippen LogP contribution in [0.2, 0.25) is 0 Å². The molecule has 2 aromatic carbocycles. The zero-order chi connectivity index (χ0) is 24.7. The summed E-state index contributed by atoms with van der Waals surface area (Å²) in [4.78, 5) is 30.9. The van der Waals surface area contributed by atoms with Gasteiger partial charge in [-0.25, -0.2) is 4.68 Å². The lowest BCUT2D eigenvalue weighted by atomic mass is 9.93. The average Bonchev–Trinajstić information content (AvgIpc) is 3.39. The van der Waals surface area contributed by atoms with Gasteiger partial charge in [-0.3, -0.25) is 9.59 Å². The molecule has 1 aromatic heterocycles. The molecule has 1 atom stereocenters. The van der Waals surface area contributed by atoms with Gasteiger partial charge in [-0.1, -0.05) is 32.0 Å². The first-order valence-electron chi connectivity index (χ1n) is 12.3. The van der Waals surface area contributed by atoms with E-state index in [1.165, 1.54) is 0 Å². The second-order valence-electron chi connectivity index (χ2n) is 9.75. The molecule has 0 aliphatic carbocycles. The first-order valence-corrected chi connectivity index (χ1v) is 12.3. The summed E-state index contributed by atoms with van der Waals surface area (Å²) in [5, 5.41) is 4.75. The number of benzene rings is 2. The molecule has 0 saturated carbocycles. The van der Waals surface area contributed by atoms with Gasteiger partial charge in [0.15, 0.2) is 0 Å². The van der Waals surface area contributed by atoms with Gasteiger partial charge in [0.1, 0.15) is 11.4 Å². The summed E-state index contributed by atoms with van der Waals surface area (Å²) in [5.74, 6) is 1.06. The number of nitrogens with zero attached hydrogens (tertiary/aromatic N) is 4. The number of likely N-dealkylation sites (tertiary alicyclic amines) is 1. The van der Waals surface area contributed by atoms with E-state index in [1.807, 2.05) is 59.0 Å². The Labute approximate surface area is 206 Å². The maximum atomic E-state index is 13.9. The monoisotopic (exact) mass is 472 g/mol. The predicted molar refractivity (Wildman–Crippen MR) is 134 cm³/mol. The standard InChI is InChI=1S/C28H32N4O3/c1-18(2)25-24-19(3)29-32(22-8-6-5-7-9-22)26(24)28(34)31(25)21-14-16-30(17-15-21)27(33)20-10-12-23(35-4)13-11-20/h5-13,18,21,25H,14-17H2,1-4H3. The number of para-hydroxylation sites is 1. The Morgan fingerprint density at radius 1 is 1.03 bits per heavy atom. The van der Waals surface area contributed by atoms with Crippen LogP contribution in [0.1, 0.15) is 64.8 Å². The normalized spacial score (nSPS) is 18.3. The fourth-order valence-corrected chi connectivity index (χ4v) is 5.55. The highest BCUT2D eigenvalue weighted by Crippen LogP contribution is 2.44. The Hall–Kier alpha value is -3.61. The third-order valence-electron chi connectivity index (χ3n) is 7.25. The molecule has 7 nitrogen and oxygen atoms in total. The first kappa shape index (κ1) is 23.1. The van der Waals surface area contributed by atoms with Gasteiger partial charge < -0.3 is 14.5 Å². The number of hydrogen-bond donors (Lipinski definition) is 0. The Morgan fingerprint density at radius 2 is 1.69 bits per heavy atom. The van der Waals surface area contributed by atoms with Gasteiger partial charge in [0.05, 0.1) is 24.5 Å². The van der Waals surface area contributed by atoms with Crippen molar-refractivity contribution >= 4 is 11.8 Å². The van der Waals surface area contributed by atoms with Crippen LogP contribution >= 0.6 is 0 Å². The van der Waals surface area contributed by atoms with Crippen molar-refractivity contribution in [2.75, 3.05) is 20.2 Å². The van der Waals surface area contributed by atoms with Gasteiger partial charge in [0.25, 0.3) is 11.8 Å². The van der Waals surface area contributed by atoms with E-state index in [4.69, 9.17) is 9.84 Å². The Balaban J connectivity index is 1.37. The molecular formula is C28H32N4O3. The van der Waals surface area contributed by atoms with E-state index < -0.39 is 0 Å². The minimum Gasteiger partial charge on any atom is -0.497 e. The zero-order valence-corrected chi connectivity index (χ0v) is 20.8. The van der Waals surface area contributed by atoms with Crippen molar-refractivity contribution < 1.29 is 14.3 Å². The van der Waals surface area contributed by atoms with Crippen LogP contribution in [0.25, 0.3) is 5.69 Å². The fourth-order valence-electron chi connectivity index (χ4n) is 5.55. The molecule has 3 heterocycles. The summed E-state index contributed by atoms with van der Waals surface area (Å²) in [6, 6.07) is 17.2. The van der Waals surface area contributed by atoms with Gasteiger partial charge in [0, 0.05) is 30.3 Å². The third-order valence-corrected chi connectivity index (χ3v) is 7.25. The number of ether oxygens (including phenoxy) is 1. The number of amides is 2. The van der Waals surface area contributed by atoms with Crippen molar-refractivity contribution in [2.45, 2.75) is 45.7 Å². The maximum absolute atomic E-state index is 13.9. The molecular weight excluding hydrogens is 440 g/mol. The van der Waals surface area contributed by atoms with E-state index >= 15 is 0 Å². The topological polar surface area (TPSA) is 67.7 Å². The lowest BCUT2D eigenvalue weighted by Gasteiger charge is -2.40. The number of rotatable bonds is 5. The number of aromatic nitrogens is 2. The molecule has 3 aromatic rings. The molecule has 0 spiro atoms. The molecule has 0 bridgehead atoms. The van der Waals surface area contributed by atoms with Gasteiger partial charge in [-0.15, -0.1) is 0 Å². The first-order chi connectivity index (χ1) is 16.9. The SMILES string of the molecule is COc1ccc(C(=O)N2CCC(N3C(=O)c4c(c(C)nn4-c4ccccc4)C3C(C)C)CC2)cc1. The molecule has 2 aliphatic rings. The Kier molecular flexibility index (Phi) is 6.09. The van der Waals surface area contributed by atoms with Crippen molar-refractivity contribution in [1.29, 1.82) is 0 Å². The van der Waals surface area contributed by atoms with E-state index in [1.54, 1.807) is 19.2 Å². The average molecular weight is 473 g/mol. The smallest absolute Gasteiger partial charge is 0.273 e. The van der Waals surface area contributed by atoms with E-state index in [0.29, 0.717) is 24.3 Å². The largest absolute Gasteiger partial charge is 0.497 e. The van der Waals surface area contributed by atoms with Gasteiger partial charge in [-0.05, 0) is 62.1 Å². The van der Waals surface area contributed by atoms with Crippen molar-refractivity contribution in [3.8, 4) is 11.4 Å². The van der Waals surface area contributed by atoms with E-state index in [2.05, 4.69) is 18.7 Å². The summed E-state index contributed by atoms with van der Waals surface area (Å²) in [7, 11) is 1.61. The number of fused-ring (bicyclic) bond motifs is 1. The molecule has 1 saturated heterocycles. The summed E-state index contributed by atoms with van der Waals surface area (Å²) in [6.45, 7) is 7.60. The molecule has 0 N–H and O–H groups in total. The second kappa shape index (κ2) is 9.21. The highest BCUT2D eigenvalue weighted by molar-refractivity contribution is 5.99. The lowest BCUT2D eigenvalue weighted by molar-refractivity contribution is 0.0393. The van der Waals surface area contributed by atoms with Crippen molar-refractivity contribution in [3.63, 3.8) is 0 Å². The molecule has 0 radical (unpaired) electrons. The summed E-state index contributed by atoms with van der Waals surface area (Å²) in [5.41, 5.74) is 4.20. The van der Waals surface area contributed by atoms with Crippen molar-refractivity contribution in [3.05, 3.63) is 77.1 Å².